The lowest BCUT2D eigenvalue weighted by Crippen LogP contribution is -2.56. The van der Waals surface area contributed by atoms with Crippen LogP contribution >= 0.6 is 0 Å². The second-order valence-corrected chi connectivity index (χ2v) is 6.44. The fourth-order valence-electron chi connectivity index (χ4n) is 4.11. The van der Waals surface area contributed by atoms with E-state index in [0.29, 0.717) is 5.92 Å². The summed E-state index contributed by atoms with van der Waals surface area (Å²) in [6.07, 6.45) is 2.21. The minimum absolute atomic E-state index is 0.0627. The summed E-state index contributed by atoms with van der Waals surface area (Å²) in [7, 11) is 0. The van der Waals surface area contributed by atoms with E-state index in [-0.39, 0.29) is 23.7 Å². The van der Waals surface area contributed by atoms with Crippen LogP contribution in [0.25, 0.3) is 0 Å². The SMILES string of the molecule is CC(=O)N1N=C2C3CCN(CC3)[C@H]2[C@H]1c1ccc([N+](=O)[O-])cc1. The quantitative estimate of drug-likeness (QED) is 0.617. The minimum Gasteiger partial charge on any atom is -0.293 e. The van der Waals surface area contributed by atoms with Crippen molar-refractivity contribution >= 4 is 17.3 Å². The highest BCUT2D eigenvalue weighted by Crippen LogP contribution is 2.43. The third-order valence-corrected chi connectivity index (χ3v) is 5.20. The van der Waals surface area contributed by atoms with Crippen LogP contribution < -0.4 is 0 Å². The molecule has 1 aromatic carbocycles. The van der Waals surface area contributed by atoms with Crippen molar-refractivity contribution < 1.29 is 9.72 Å². The minimum atomic E-state index is -0.408. The molecule has 3 fully saturated rings. The van der Waals surface area contributed by atoms with Gasteiger partial charge in [0.1, 0.15) is 6.04 Å². The fourth-order valence-corrected chi connectivity index (χ4v) is 4.11. The largest absolute Gasteiger partial charge is 0.293 e. The highest BCUT2D eigenvalue weighted by molar-refractivity contribution is 5.97. The fraction of sp³-hybridized carbons (Fsp3) is 0.500. The second kappa shape index (κ2) is 5.13. The number of piperidine rings is 3. The van der Waals surface area contributed by atoms with Gasteiger partial charge in [-0.05, 0) is 43.6 Å². The molecular formula is C16H18N4O3. The number of non-ortho nitro benzene ring substituents is 1. The molecule has 23 heavy (non-hydrogen) atoms. The summed E-state index contributed by atoms with van der Waals surface area (Å²) in [6.45, 7) is 3.59. The van der Waals surface area contributed by atoms with Crippen molar-refractivity contribution in [3.8, 4) is 0 Å². The summed E-state index contributed by atoms with van der Waals surface area (Å²) in [6, 6.07) is 6.45. The average molecular weight is 314 g/mol. The maximum Gasteiger partial charge on any atom is 0.269 e. The molecule has 7 heteroatoms. The lowest BCUT2D eigenvalue weighted by atomic mass is 9.78. The van der Waals surface area contributed by atoms with Gasteiger partial charge in [-0.3, -0.25) is 19.8 Å². The maximum absolute atomic E-state index is 12.1. The molecule has 4 heterocycles. The average Bonchev–Trinajstić information content (AvgIpc) is 2.99. The summed E-state index contributed by atoms with van der Waals surface area (Å²) in [5.74, 6) is 0.380. The molecule has 2 atom stereocenters. The van der Waals surface area contributed by atoms with Crippen molar-refractivity contribution in [1.29, 1.82) is 0 Å². The van der Waals surface area contributed by atoms with Crippen LogP contribution in [0.1, 0.15) is 31.4 Å². The van der Waals surface area contributed by atoms with Gasteiger partial charge in [-0.15, -0.1) is 0 Å². The Bertz CT molecular complexity index is 692. The molecule has 3 saturated heterocycles. The van der Waals surface area contributed by atoms with Gasteiger partial charge in [0.25, 0.3) is 5.69 Å². The van der Waals surface area contributed by atoms with Crippen LogP contribution in [0.5, 0.6) is 0 Å². The number of hydrazone groups is 1. The van der Waals surface area contributed by atoms with Crippen molar-refractivity contribution in [2.45, 2.75) is 31.8 Å². The van der Waals surface area contributed by atoms with Gasteiger partial charge in [0.15, 0.2) is 0 Å². The van der Waals surface area contributed by atoms with Crippen molar-refractivity contribution in [2.75, 3.05) is 13.1 Å². The van der Waals surface area contributed by atoms with Crippen molar-refractivity contribution in [2.24, 2.45) is 11.0 Å². The molecule has 0 saturated carbocycles. The Hall–Kier alpha value is -2.28. The Morgan fingerprint density at radius 1 is 1.22 bits per heavy atom. The number of hydrogen-bond donors (Lipinski definition) is 0. The molecule has 0 aliphatic carbocycles. The number of carbonyl (C=O) groups excluding carboxylic acids is 1. The van der Waals surface area contributed by atoms with Gasteiger partial charge in [0.05, 0.1) is 16.7 Å². The van der Waals surface area contributed by atoms with Crippen LogP contribution in [-0.4, -0.2) is 45.6 Å². The molecule has 4 aliphatic heterocycles. The molecule has 0 aromatic heterocycles. The number of amides is 1. The first-order chi connectivity index (χ1) is 11.1. The number of nitro groups is 1. The van der Waals surface area contributed by atoms with Crippen molar-refractivity contribution in [1.82, 2.24) is 9.91 Å². The topological polar surface area (TPSA) is 79.0 Å². The van der Waals surface area contributed by atoms with E-state index < -0.39 is 4.92 Å². The summed E-state index contributed by atoms with van der Waals surface area (Å²) < 4.78 is 0. The molecule has 5 rings (SSSR count). The standard InChI is InChI=1S/C16H18N4O3/c1-10(21)19-15(12-2-4-13(5-3-12)20(22)23)16-14(17-19)11-6-8-18(16)9-7-11/h2-5,11,15-16H,6-9H2,1H3/t15-,16-/m1/s1. The maximum atomic E-state index is 12.1. The van der Waals surface area contributed by atoms with Crippen LogP contribution in [0.15, 0.2) is 29.4 Å². The van der Waals surface area contributed by atoms with Crippen LogP contribution in [-0.2, 0) is 4.79 Å². The van der Waals surface area contributed by atoms with E-state index in [4.69, 9.17) is 0 Å². The summed E-state index contributed by atoms with van der Waals surface area (Å²) in [5.41, 5.74) is 2.08. The van der Waals surface area contributed by atoms with Crippen molar-refractivity contribution in [3.05, 3.63) is 39.9 Å². The van der Waals surface area contributed by atoms with Gasteiger partial charge in [0, 0.05) is 25.0 Å². The number of nitro benzene ring substituents is 1. The number of fused-ring (bicyclic) bond motifs is 2. The first-order valence-corrected chi connectivity index (χ1v) is 7.93. The monoisotopic (exact) mass is 314 g/mol. The summed E-state index contributed by atoms with van der Waals surface area (Å²) in [4.78, 5) is 24.9. The number of hydrogen-bond acceptors (Lipinski definition) is 5. The molecule has 120 valence electrons. The number of carbonyl (C=O) groups is 1. The predicted molar refractivity (Wildman–Crippen MR) is 83.9 cm³/mol. The van der Waals surface area contributed by atoms with Gasteiger partial charge < -0.3 is 0 Å². The molecule has 4 aliphatic rings. The van der Waals surface area contributed by atoms with E-state index in [1.54, 1.807) is 17.1 Å². The first-order valence-electron chi connectivity index (χ1n) is 7.93. The van der Waals surface area contributed by atoms with Gasteiger partial charge >= 0.3 is 0 Å². The Morgan fingerprint density at radius 3 is 2.43 bits per heavy atom. The lowest BCUT2D eigenvalue weighted by molar-refractivity contribution is -0.384. The van der Waals surface area contributed by atoms with E-state index in [1.165, 1.54) is 19.1 Å². The highest BCUT2D eigenvalue weighted by atomic mass is 16.6. The van der Waals surface area contributed by atoms with E-state index in [2.05, 4.69) is 10.0 Å². The highest BCUT2D eigenvalue weighted by Gasteiger charge is 2.50. The molecule has 0 N–H and O–H groups in total. The third-order valence-electron chi connectivity index (χ3n) is 5.20. The molecule has 7 nitrogen and oxygen atoms in total. The predicted octanol–water partition coefficient (Wildman–Crippen LogP) is 1.95. The Balaban J connectivity index is 1.73. The summed E-state index contributed by atoms with van der Waals surface area (Å²) in [5, 5.41) is 17.0. The Morgan fingerprint density at radius 2 is 1.87 bits per heavy atom. The molecule has 0 unspecified atom stereocenters. The Labute approximate surface area is 133 Å². The van der Waals surface area contributed by atoms with Gasteiger partial charge in [-0.1, -0.05) is 0 Å². The van der Waals surface area contributed by atoms with E-state index >= 15 is 0 Å². The number of rotatable bonds is 2. The summed E-state index contributed by atoms with van der Waals surface area (Å²) >= 11 is 0. The zero-order chi connectivity index (χ0) is 16.1. The third kappa shape index (κ3) is 2.15. The van der Waals surface area contributed by atoms with Crippen molar-refractivity contribution in [3.63, 3.8) is 0 Å². The van der Waals surface area contributed by atoms with E-state index in [9.17, 15) is 14.9 Å². The van der Waals surface area contributed by atoms with Crippen LogP contribution in [0, 0.1) is 16.0 Å². The lowest BCUT2D eigenvalue weighted by Gasteiger charge is -2.46. The normalized spacial score (nSPS) is 31.7. The molecule has 0 spiro atoms. The van der Waals surface area contributed by atoms with Crippen LogP contribution in [0.4, 0.5) is 5.69 Å². The van der Waals surface area contributed by atoms with Crippen LogP contribution in [0.3, 0.4) is 0 Å². The van der Waals surface area contributed by atoms with E-state index in [1.807, 2.05) is 0 Å². The zero-order valence-corrected chi connectivity index (χ0v) is 12.9. The second-order valence-electron chi connectivity index (χ2n) is 6.44. The van der Waals surface area contributed by atoms with Gasteiger partial charge in [0.2, 0.25) is 5.91 Å². The first kappa shape index (κ1) is 14.3. The molecule has 2 bridgehead atoms. The van der Waals surface area contributed by atoms with Crippen LogP contribution in [0.2, 0.25) is 0 Å². The van der Waals surface area contributed by atoms with Gasteiger partial charge in [-0.2, -0.15) is 5.10 Å². The molecular weight excluding hydrogens is 296 g/mol. The van der Waals surface area contributed by atoms with E-state index in [0.717, 1.165) is 37.2 Å². The number of nitrogens with zero attached hydrogens (tertiary/aromatic N) is 4. The molecule has 1 aromatic rings. The number of benzene rings is 1. The molecule has 1 amide bonds. The zero-order valence-electron chi connectivity index (χ0n) is 12.9. The Kier molecular flexibility index (Phi) is 3.19. The van der Waals surface area contributed by atoms with Gasteiger partial charge in [-0.25, -0.2) is 5.01 Å². The molecule has 0 radical (unpaired) electrons. The smallest absolute Gasteiger partial charge is 0.269 e.